The summed E-state index contributed by atoms with van der Waals surface area (Å²) in [4.78, 5) is 0. The number of ether oxygens (including phenoxy) is 1. The maximum atomic E-state index is 12.4. The van der Waals surface area contributed by atoms with Crippen molar-refractivity contribution in [2.45, 2.75) is 12.7 Å². The summed E-state index contributed by atoms with van der Waals surface area (Å²) in [7, 11) is 0. The van der Waals surface area contributed by atoms with Crippen molar-refractivity contribution in [1.82, 2.24) is 0 Å². The highest BCUT2D eigenvalue weighted by atomic mass is 35.5. The van der Waals surface area contributed by atoms with E-state index < -0.39 is 11.7 Å². The molecular formula is C14H13ClF3NO. The zero-order valence-electron chi connectivity index (χ0n) is 10.4. The van der Waals surface area contributed by atoms with Crippen LogP contribution in [0, 0.1) is 0 Å². The number of rotatable bonds is 3. The molecule has 0 aliphatic rings. The van der Waals surface area contributed by atoms with Gasteiger partial charge in [-0.05, 0) is 30.3 Å². The number of hydrogen-bond acceptors (Lipinski definition) is 2. The second-order valence-corrected chi connectivity index (χ2v) is 3.94. The summed E-state index contributed by atoms with van der Waals surface area (Å²) in [5.74, 6) is 0.888. The second kappa shape index (κ2) is 6.63. The van der Waals surface area contributed by atoms with Crippen LogP contribution in [-0.2, 0) is 12.7 Å². The minimum Gasteiger partial charge on any atom is -0.457 e. The van der Waals surface area contributed by atoms with Crippen molar-refractivity contribution in [3.63, 3.8) is 0 Å². The Morgan fingerprint density at radius 3 is 2.10 bits per heavy atom. The highest BCUT2D eigenvalue weighted by Crippen LogP contribution is 2.31. The molecule has 2 N–H and O–H groups in total. The molecule has 0 unspecified atom stereocenters. The Kier molecular flexibility index (Phi) is 5.42. The number of hydrogen-bond donors (Lipinski definition) is 1. The highest BCUT2D eigenvalue weighted by Gasteiger charge is 2.30. The minimum absolute atomic E-state index is 0. The lowest BCUT2D eigenvalue weighted by Crippen LogP contribution is -2.04. The van der Waals surface area contributed by atoms with Gasteiger partial charge in [0, 0.05) is 12.1 Å². The van der Waals surface area contributed by atoms with Gasteiger partial charge < -0.3 is 10.5 Å². The third-order valence-electron chi connectivity index (χ3n) is 2.60. The zero-order chi connectivity index (χ0) is 13.9. The van der Waals surface area contributed by atoms with Gasteiger partial charge in [-0.1, -0.05) is 18.2 Å². The predicted octanol–water partition coefficient (Wildman–Crippen LogP) is 4.38. The first kappa shape index (κ1) is 16.3. The number of nitrogens with two attached hydrogens (primary N) is 1. The van der Waals surface area contributed by atoms with Crippen molar-refractivity contribution >= 4 is 12.4 Å². The Morgan fingerprint density at radius 2 is 1.55 bits per heavy atom. The molecule has 0 radical (unpaired) electrons. The Balaban J connectivity index is 0.00000200. The summed E-state index contributed by atoms with van der Waals surface area (Å²) in [6.45, 7) is 0.302. The normalized spacial score (nSPS) is 10.8. The van der Waals surface area contributed by atoms with Gasteiger partial charge in [0.25, 0.3) is 0 Å². The molecule has 0 aliphatic carbocycles. The van der Waals surface area contributed by atoms with Crippen LogP contribution in [0.15, 0.2) is 48.5 Å². The molecule has 0 saturated carbocycles. The van der Waals surface area contributed by atoms with Gasteiger partial charge in [0.15, 0.2) is 0 Å². The molecule has 2 rings (SSSR count). The van der Waals surface area contributed by atoms with Crippen LogP contribution in [0.5, 0.6) is 11.5 Å². The van der Waals surface area contributed by atoms with Crippen molar-refractivity contribution in [2.75, 3.05) is 0 Å². The molecule has 6 heteroatoms. The van der Waals surface area contributed by atoms with Gasteiger partial charge in [0.1, 0.15) is 11.5 Å². The van der Waals surface area contributed by atoms with Crippen LogP contribution in [0.2, 0.25) is 0 Å². The van der Waals surface area contributed by atoms with Gasteiger partial charge in [-0.15, -0.1) is 12.4 Å². The van der Waals surface area contributed by atoms with Gasteiger partial charge in [-0.2, -0.15) is 13.2 Å². The molecule has 0 spiro atoms. The lowest BCUT2D eigenvalue weighted by molar-refractivity contribution is -0.137. The van der Waals surface area contributed by atoms with Crippen molar-refractivity contribution in [1.29, 1.82) is 0 Å². The zero-order valence-corrected chi connectivity index (χ0v) is 11.2. The fourth-order valence-electron chi connectivity index (χ4n) is 1.61. The summed E-state index contributed by atoms with van der Waals surface area (Å²) in [5.41, 5.74) is 5.65. The van der Waals surface area contributed by atoms with E-state index in [-0.39, 0.29) is 12.4 Å². The number of para-hydroxylation sites is 1. The molecule has 0 fully saturated rings. The quantitative estimate of drug-likeness (QED) is 0.913. The average Bonchev–Trinajstić information content (AvgIpc) is 2.39. The molecule has 0 amide bonds. The van der Waals surface area contributed by atoms with E-state index >= 15 is 0 Å². The fraction of sp³-hybridized carbons (Fsp3) is 0.143. The van der Waals surface area contributed by atoms with E-state index in [0.717, 1.165) is 17.7 Å². The fourth-order valence-corrected chi connectivity index (χ4v) is 1.61. The van der Waals surface area contributed by atoms with Gasteiger partial charge >= 0.3 is 6.18 Å². The van der Waals surface area contributed by atoms with Gasteiger partial charge in [-0.3, -0.25) is 0 Å². The topological polar surface area (TPSA) is 35.2 Å². The Bertz CT molecular complexity index is 555. The van der Waals surface area contributed by atoms with Crippen LogP contribution in [0.25, 0.3) is 0 Å². The SMILES string of the molecule is Cl.NCc1ccccc1Oc1ccc(C(F)(F)F)cc1. The van der Waals surface area contributed by atoms with Crippen LogP contribution in [0.3, 0.4) is 0 Å². The first-order valence-electron chi connectivity index (χ1n) is 5.64. The van der Waals surface area contributed by atoms with Crippen molar-refractivity contribution in [3.8, 4) is 11.5 Å². The van der Waals surface area contributed by atoms with Gasteiger partial charge in [0.05, 0.1) is 5.56 Å². The Hall–Kier alpha value is -1.72. The molecule has 2 aromatic rings. The minimum atomic E-state index is -4.34. The molecule has 0 aliphatic heterocycles. The van der Waals surface area contributed by atoms with Crippen LogP contribution in [-0.4, -0.2) is 0 Å². The molecule has 2 nitrogen and oxygen atoms in total. The number of halogens is 4. The molecule has 0 atom stereocenters. The van der Waals surface area contributed by atoms with Gasteiger partial charge in [0.2, 0.25) is 0 Å². The maximum absolute atomic E-state index is 12.4. The number of benzene rings is 2. The largest absolute Gasteiger partial charge is 0.457 e. The summed E-state index contributed by atoms with van der Waals surface area (Å²) in [5, 5.41) is 0. The highest BCUT2D eigenvalue weighted by molar-refractivity contribution is 5.85. The van der Waals surface area contributed by atoms with Crippen molar-refractivity contribution in [2.24, 2.45) is 5.73 Å². The first-order valence-corrected chi connectivity index (χ1v) is 5.64. The summed E-state index contributed by atoms with van der Waals surface area (Å²) >= 11 is 0. The van der Waals surface area contributed by atoms with E-state index in [9.17, 15) is 13.2 Å². The molecule has 0 heterocycles. The molecule has 2 aromatic carbocycles. The van der Waals surface area contributed by atoms with Crippen LogP contribution < -0.4 is 10.5 Å². The molecule has 0 aromatic heterocycles. The van der Waals surface area contributed by atoms with E-state index in [1.165, 1.54) is 12.1 Å². The maximum Gasteiger partial charge on any atom is 0.416 e. The first-order chi connectivity index (χ1) is 9.00. The third kappa shape index (κ3) is 3.88. The van der Waals surface area contributed by atoms with E-state index in [2.05, 4.69) is 0 Å². The average molecular weight is 304 g/mol. The number of alkyl halides is 3. The van der Waals surface area contributed by atoms with Crippen molar-refractivity contribution in [3.05, 3.63) is 59.7 Å². The van der Waals surface area contributed by atoms with Crippen LogP contribution >= 0.6 is 12.4 Å². The molecule has 108 valence electrons. The summed E-state index contributed by atoms with van der Waals surface area (Å²) in [6.07, 6.45) is -4.34. The lowest BCUT2D eigenvalue weighted by Gasteiger charge is -2.11. The molecular weight excluding hydrogens is 291 g/mol. The molecule has 20 heavy (non-hydrogen) atoms. The standard InChI is InChI=1S/C14H12F3NO.ClH/c15-14(16,17)11-5-7-12(8-6-11)19-13-4-2-1-3-10(13)9-18;/h1-8H,9,18H2;1H. The van der Waals surface area contributed by atoms with Crippen LogP contribution in [0.4, 0.5) is 13.2 Å². The van der Waals surface area contributed by atoms with E-state index in [1.807, 2.05) is 6.07 Å². The lowest BCUT2D eigenvalue weighted by atomic mass is 10.2. The summed E-state index contributed by atoms with van der Waals surface area (Å²) < 4.78 is 42.7. The monoisotopic (exact) mass is 303 g/mol. The third-order valence-corrected chi connectivity index (χ3v) is 2.60. The van der Waals surface area contributed by atoms with Gasteiger partial charge in [-0.25, -0.2) is 0 Å². The molecule has 0 bridgehead atoms. The van der Waals surface area contributed by atoms with Crippen molar-refractivity contribution < 1.29 is 17.9 Å². The van der Waals surface area contributed by atoms with E-state index in [4.69, 9.17) is 10.5 Å². The smallest absolute Gasteiger partial charge is 0.416 e. The van der Waals surface area contributed by atoms with E-state index in [1.54, 1.807) is 18.2 Å². The van der Waals surface area contributed by atoms with E-state index in [0.29, 0.717) is 18.0 Å². The molecule has 0 saturated heterocycles. The Labute approximate surface area is 120 Å². The van der Waals surface area contributed by atoms with Crippen LogP contribution in [0.1, 0.15) is 11.1 Å². The predicted molar refractivity (Wildman–Crippen MR) is 73.1 cm³/mol. The Morgan fingerprint density at radius 1 is 0.950 bits per heavy atom. The summed E-state index contributed by atoms with van der Waals surface area (Å²) in [6, 6.07) is 11.7. The second-order valence-electron chi connectivity index (χ2n) is 3.94.